The van der Waals surface area contributed by atoms with Crippen LogP contribution in [0, 0.1) is 11.3 Å². The van der Waals surface area contributed by atoms with E-state index in [-0.39, 0.29) is 15.5 Å². The Morgan fingerprint density at radius 2 is 2.00 bits per heavy atom. The number of thioether (sulfide) groups is 1. The van der Waals surface area contributed by atoms with Crippen molar-refractivity contribution in [3.8, 4) is 6.07 Å². The molecule has 0 N–H and O–H groups in total. The normalized spacial score (nSPS) is 17.3. The summed E-state index contributed by atoms with van der Waals surface area (Å²) in [5.41, 5.74) is 0.184. The minimum absolute atomic E-state index is 0.135. The van der Waals surface area contributed by atoms with Gasteiger partial charge in [-0.3, -0.25) is 0 Å². The fraction of sp³-hybridized carbons (Fsp3) is 0.364. The van der Waals surface area contributed by atoms with E-state index in [4.69, 9.17) is 16.9 Å². The molecule has 7 heteroatoms. The van der Waals surface area contributed by atoms with Gasteiger partial charge in [-0.25, -0.2) is 8.42 Å². The molecule has 0 saturated carbocycles. The molecule has 96 valence electrons. The van der Waals surface area contributed by atoms with E-state index in [1.54, 1.807) is 11.8 Å². The topological polar surface area (TPSA) is 61.2 Å². The van der Waals surface area contributed by atoms with Gasteiger partial charge in [-0.05, 0) is 18.2 Å². The van der Waals surface area contributed by atoms with Crippen molar-refractivity contribution in [3.05, 3.63) is 28.8 Å². The predicted octanol–water partition coefficient (Wildman–Crippen LogP) is 1.95. The molecule has 0 unspecified atom stereocenters. The molecule has 1 saturated heterocycles. The second kappa shape index (κ2) is 5.49. The van der Waals surface area contributed by atoms with Gasteiger partial charge in [0.25, 0.3) is 0 Å². The van der Waals surface area contributed by atoms with E-state index >= 15 is 0 Å². The zero-order chi connectivity index (χ0) is 13.2. The number of benzene rings is 1. The number of rotatable bonds is 2. The van der Waals surface area contributed by atoms with Crippen LogP contribution in [0.2, 0.25) is 5.02 Å². The number of hydrogen-bond donors (Lipinski definition) is 0. The molecular formula is C11H11ClN2O2S2. The number of hydrogen-bond acceptors (Lipinski definition) is 4. The maximum absolute atomic E-state index is 12.3. The summed E-state index contributed by atoms with van der Waals surface area (Å²) < 4.78 is 26.1. The maximum Gasteiger partial charge on any atom is 0.243 e. The molecule has 0 amide bonds. The lowest BCUT2D eigenvalue weighted by Crippen LogP contribution is -2.37. The molecule has 4 nitrogen and oxygen atoms in total. The molecule has 1 fully saturated rings. The van der Waals surface area contributed by atoms with E-state index in [9.17, 15) is 8.42 Å². The van der Waals surface area contributed by atoms with E-state index in [0.717, 1.165) is 11.5 Å². The Balaban J connectivity index is 2.38. The van der Waals surface area contributed by atoms with Gasteiger partial charge in [0.1, 0.15) is 6.07 Å². The minimum atomic E-state index is -3.50. The van der Waals surface area contributed by atoms with Crippen molar-refractivity contribution in [2.24, 2.45) is 0 Å². The van der Waals surface area contributed by atoms with Crippen LogP contribution in [0.3, 0.4) is 0 Å². The standard InChI is InChI=1S/C11H11ClN2O2S2/c12-11-2-1-10(7-9(11)8-13)18(15,16)14-3-5-17-6-4-14/h1-2,7H,3-6H2. The number of halogens is 1. The van der Waals surface area contributed by atoms with Gasteiger partial charge in [0.2, 0.25) is 10.0 Å². The van der Waals surface area contributed by atoms with Gasteiger partial charge in [0.05, 0.1) is 15.5 Å². The third kappa shape index (κ3) is 2.64. The van der Waals surface area contributed by atoms with Crippen LogP contribution in [-0.2, 0) is 10.0 Å². The summed E-state index contributed by atoms with van der Waals surface area (Å²) in [5.74, 6) is 1.61. The van der Waals surface area contributed by atoms with Crippen molar-refractivity contribution in [1.29, 1.82) is 5.26 Å². The van der Waals surface area contributed by atoms with Crippen molar-refractivity contribution in [2.45, 2.75) is 4.90 Å². The van der Waals surface area contributed by atoms with Crippen molar-refractivity contribution in [1.82, 2.24) is 4.31 Å². The Morgan fingerprint density at radius 3 is 2.61 bits per heavy atom. The van der Waals surface area contributed by atoms with Crippen molar-refractivity contribution >= 4 is 33.4 Å². The van der Waals surface area contributed by atoms with Crippen molar-refractivity contribution in [2.75, 3.05) is 24.6 Å². The minimum Gasteiger partial charge on any atom is -0.207 e. The zero-order valence-electron chi connectivity index (χ0n) is 9.47. The lowest BCUT2D eigenvalue weighted by molar-refractivity contribution is 0.443. The Hall–Kier alpha value is -0.740. The van der Waals surface area contributed by atoms with Gasteiger partial charge in [-0.15, -0.1) is 0 Å². The van der Waals surface area contributed by atoms with E-state index in [1.165, 1.54) is 22.5 Å². The Kier molecular flexibility index (Phi) is 4.17. The Morgan fingerprint density at radius 1 is 1.33 bits per heavy atom. The second-order valence-corrected chi connectivity index (χ2v) is 7.34. The van der Waals surface area contributed by atoms with Crippen LogP contribution in [0.25, 0.3) is 0 Å². The summed E-state index contributed by atoms with van der Waals surface area (Å²) in [7, 11) is -3.50. The monoisotopic (exact) mass is 302 g/mol. The van der Waals surface area contributed by atoms with E-state index in [0.29, 0.717) is 13.1 Å². The van der Waals surface area contributed by atoms with Crippen LogP contribution in [0.5, 0.6) is 0 Å². The van der Waals surface area contributed by atoms with Crippen LogP contribution in [0.4, 0.5) is 0 Å². The first-order chi connectivity index (χ1) is 8.55. The molecule has 0 bridgehead atoms. The highest BCUT2D eigenvalue weighted by Crippen LogP contribution is 2.24. The van der Waals surface area contributed by atoms with Gasteiger partial charge in [-0.1, -0.05) is 11.6 Å². The number of nitriles is 1. The molecule has 0 aliphatic carbocycles. The van der Waals surface area contributed by atoms with Gasteiger partial charge < -0.3 is 0 Å². The van der Waals surface area contributed by atoms with E-state index < -0.39 is 10.0 Å². The molecule has 1 heterocycles. The molecule has 1 aliphatic rings. The molecule has 0 radical (unpaired) electrons. The first-order valence-corrected chi connectivity index (χ1v) is 8.30. The van der Waals surface area contributed by atoms with E-state index in [2.05, 4.69) is 0 Å². The van der Waals surface area contributed by atoms with E-state index in [1.807, 2.05) is 6.07 Å². The molecule has 1 aliphatic heterocycles. The molecule has 2 rings (SSSR count). The summed E-state index contributed by atoms with van der Waals surface area (Å²) in [5, 5.41) is 9.14. The van der Waals surface area contributed by atoms with Gasteiger partial charge in [-0.2, -0.15) is 21.3 Å². The smallest absolute Gasteiger partial charge is 0.207 e. The third-order valence-electron chi connectivity index (χ3n) is 2.67. The highest BCUT2D eigenvalue weighted by molar-refractivity contribution is 7.99. The predicted molar refractivity (Wildman–Crippen MR) is 72.3 cm³/mol. The second-order valence-electron chi connectivity index (χ2n) is 3.77. The number of nitrogens with zero attached hydrogens (tertiary/aromatic N) is 2. The summed E-state index contributed by atoms with van der Waals surface area (Å²) in [4.78, 5) is 0.135. The highest BCUT2D eigenvalue weighted by Gasteiger charge is 2.26. The van der Waals surface area contributed by atoms with Crippen molar-refractivity contribution < 1.29 is 8.42 Å². The lowest BCUT2D eigenvalue weighted by atomic mass is 10.2. The SMILES string of the molecule is N#Cc1cc(S(=O)(=O)N2CCSCC2)ccc1Cl. The van der Waals surface area contributed by atoms with Crippen molar-refractivity contribution in [3.63, 3.8) is 0 Å². The third-order valence-corrected chi connectivity index (χ3v) is 5.83. The molecule has 1 aromatic carbocycles. The summed E-state index contributed by atoms with van der Waals surface area (Å²) >= 11 is 7.54. The fourth-order valence-corrected chi connectivity index (χ4v) is 4.45. The summed E-state index contributed by atoms with van der Waals surface area (Å²) in [6.07, 6.45) is 0. The van der Waals surface area contributed by atoms with Gasteiger partial charge >= 0.3 is 0 Å². The van der Waals surface area contributed by atoms with Crippen LogP contribution >= 0.6 is 23.4 Å². The lowest BCUT2D eigenvalue weighted by Gasteiger charge is -2.25. The Bertz CT molecular complexity index is 590. The zero-order valence-corrected chi connectivity index (χ0v) is 11.9. The average Bonchev–Trinajstić information content (AvgIpc) is 2.40. The van der Waals surface area contributed by atoms with Crippen LogP contribution in [0.1, 0.15) is 5.56 Å². The maximum atomic E-state index is 12.3. The first kappa shape index (κ1) is 13.7. The first-order valence-electron chi connectivity index (χ1n) is 5.33. The molecule has 0 spiro atoms. The molecule has 18 heavy (non-hydrogen) atoms. The van der Waals surface area contributed by atoms with Crippen LogP contribution in [0.15, 0.2) is 23.1 Å². The molecule has 1 aromatic rings. The summed E-state index contributed by atoms with van der Waals surface area (Å²) in [6, 6.07) is 6.12. The highest BCUT2D eigenvalue weighted by atomic mass is 35.5. The van der Waals surface area contributed by atoms with Crippen LogP contribution < -0.4 is 0 Å². The number of sulfonamides is 1. The fourth-order valence-electron chi connectivity index (χ4n) is 1.69. The Labute approximate surface area is 116 Å². The quantitative estimate of drug-likeness (QED) is 0.838. The molecule has 0 aromatic heterocycles. The average molecular weight is 303 g/mol. The summed E-state index contributed by atoms with van der Waals surface area (Å²) in [6.45, 7) is 1.02. The van der Waals surface area contributed by atoms with Gasteiger partial charge in [0, 0.05) is 24.6 Å². The molecule has 0 atom stereocenters. The van der Waals surface area contributed by atoms with Gasteiger partial charge in [0.15, 0.2) is 0 Å². The molecular weight excluding hydrogens is 292 g/mol. The van der Waals surface area contributed by atoms with Crippen LogP contribution in [-0.4, -0.2) is 37.3 Å². The largest absolute Gasteiger partial charge is 0.243 e.